The molecular formula is C11H10ClN3O2. The lowest BCUT2D eigenvalue weighted by atomic mass is 10.2. The highest BCUT2D eigenvalue weighted by Gasteiger charge is 2.11. The van der Waals surface area contributed by atoms with E-state index in [1.165, 1.54) is 12.1 Å². The maximum Gasteiger partial charge on any atom is 0.335 e. The predicted octanol–water partition coefficient (Wildman–Crippen LogP) is 2.24. The van der Waals surface area contributed by atoms with Gasteiger partial charge in [0.2, 0.25) is 0 Å². The van der Waals surface area contributed by atoms with Gasteiger partial charge in [-0.25, -0.2) is 14.5 Å². The van der Waals surface area contributed by atoms with E-state index in [-0.39, 0.29) is 5.56 Å². The lowest BCUT2D eigenvalue weighted by Gasteiger charge is -2.06. The normalized spacial score (nSPS) is 10.5. The van der Waals surface area contributed by atoms with Gasteiger partial charge < -0.3 is 5.11 Å². The zero-order valence-electron chi connectivity index (χ0n) is 9.31. The summed E-state index contributed by atoms with van der Waals surface area (Å²) in [6.07, 6.45) is 0. The monoisotopic (exact) mass is 251 g/mol. The van der Waals surface area contributed by atoms with Gasteiger partial charge in [0.15, 0.2) is 0 Å². The maximum absolute atomic E-state index is 10.8. The fourth-order valence-corrected chi connectivity index (χ4v) is 1.82. The van der Waals surface area contributed by atoms with Crippen LogP contribution >= 0.6 is 11.6 Å². The van der Waals surface area contributed by atoms with Crippen LogP contribution in [0.3, 0.4) is 0 Å². The third kappa shape index (κ3) is 2.14. The lowest BCUT2D eigenvalue weighted by Crippen LogP contribution is -2.02. The Morgan fingerprint density at radius 2 is 2.12 bits per heavy atom. The first-order valence-electron chi connectivity index (χ1n) is 4.92. The van der Waals surface area contributed by atoms with Gasteiger partial charge in [0, 0.05) is 0 Å². The zero-order chi connectivity index (χ0) is 12.6. The van der Waals surface area contributed by atoms with E-state index >= 15 is 0 Å². The molecule has 1 aromatic carbocycles. The van der Waals surface area contributed by atoms with Crippen molar-refractivity contribution in [2.45, 2.75) is 13.8 Å². The standard InChI is InChI=1S/C11H10ClN3O2/c1-6-13-7(2)15(14-6)10-4-3-8(11(16)17)5-9(10)12/h3-5H,1-2H3,(H,16,17). The Kier molecular flexibility index (Phi) is 2.85. The second kappa shape index (κ2) is 4.18. The van der Waals surface area contributed by atoms with Gasteiger partial charge in [-0.15, -0.1) is 0 Å². The molecule has 0 aliphatic rings. The van der Waals surface area contributed by atoms with Crippen molar-refractivity contribution in [2.75, 3.05) is 0 Å². The third-order valence-electron chi connectivity index (χ3n) is 2.30. The molecule has 0 radical (unpaired) electrons. The Balaban J connectivity index is 2.54. The number of halogens is 1. The van der Waals surface area contributed by atoms with Crippen LogP contribution in [0.15, 0.2) is 18.2 Å². The van der Waals surface area contributed by atoms with Crippen molar-refractivity contribution in [3.05, 3.63) is 40.4 Å². The van der Waals surface area contributed by atoms with Crippen LogP contribution in [-0.2, 0) is 0 Å². The van der Waals surface area contributed by atoms with E-state index in [1.807, 2.05) is 0 Å². The van der Waals surface area contributed by atoms with Gasteiger partial charge in [0.25, 0.3) is 0 Å². The van der Waals surface area contributed by atoms with Crippen molar-refractivity contribution in [3.63, 3.8) is 0 Å². The number of aromatic carboxylic acids is 1. The molecule has 88 valence electrons. The summed E-state index contributed by atoms with van der Waals surface area (Å²) in [6.45, 7) is 3.59. The lowest BCUT2D eigenvalue weighted by molar-refractivity contribution is 0.0697. The van der Waals surface area contributed by atoms with Crippen LogP contribution in [-0.4, -0.2) is 25.8 Å². The summed E-state index contributed by atoms with van der Waals surface area (Å²) >= 11 is 6.04. The number of nitrogens with zero attached hydrogens (tertiary/aromatic N) is 3. The number of carbonyl (C=O) groups is 1. The minimum absolute atomic E-state index is 0.147. The zero-order valence-corrected chi connectivity index (χ0v) is 10.1. The van der Waals surface area contributed by atoms with Crippen LogP contribution in [0.2, 0.25) is 5.02 Å². The molecule has 0 saturated carbocycles. The summed E-state index contributed by atoms with van der Waals surface area (Å²) in [5, 5.41) is 13.4. The van der Waals surface area contributed by atoms with Gasteiger partial charge in [0.05, 0.1) is 16.3 Å². The molecule has 2 rings (SSSR count). The summed E-state index contributed by atoms with van der Waals surface area (Å²) in [5.41, 5.74) is 0.767. The average Bonchev–Trinajstić information content (AvgIpc) is 2.57. The molecule has 0 bridgehead atoms. The van der Waals surface area contributed by atoms with E-state index in [1.54, 1.807) is 24.6 Å². The molecule has 0 saturated heterocycles. The molecular weight excluding hydrogens is 242 g/mol. The molecule has 6 heteroatoms. The first-order valence-corrected chi connectivity index (χ1v) is 5.30. The van der Waals surface area contributed by atoms with Crippen LogP contribution in [0.5, 0.6) is 0 Å². The van der Waals surface area contributed by atoms with E-state index in [2.05, 4.69) is 10.1 Å². The molecule has 1 aromatic heterocycles. The largest absolute Gasteiger partial charge is 0.478 e. The molecule has 5 nitrogen and oxygen atoms in total. The Hall–Kier alpha value is -1.88. The first kappa shape index (κ1) is 11.6. The quantitative estimate of drug-likeness (QED) is 0.889. The number of benzene rings is 1. The van der Waals surface area contributed by atoms with Crippen molar-refractivity contribution in [2.24, 2.45) is 0 Å². The van der Waals surface area contributed by atoms with Crippen molar-refractivity contribution >= 4 is 17.6 Å². The molecule has 0 fully saturated rings. The van der Waals surface area contributed by atoms with Crippen molar-refractivity contribution in [1.29, 1.82) is 0 Å². The SMILES string of the molecule is Cc1nc(C)n(-c2ccc(C(=O)O)cc2Cl)n1. The minimum atomic E-state index is -1.01. The van der Waals surface area contributed by atoms with Crippen LogP contribution < -0.4 is 0 Å². The van der Waals surface area contributed by atoms with Gasteiger partial charge in [-0.05, 0) is 32.0 Å². The first-order chi connectivity index (χ1) is 7.99. The van der Waals surface area contributed by atoms with Crippen LogP contribution in [0.4, 0.5) is 0 Å². The number of aromatic nitrogens is 3. The second-order valence-electron chi connectivity index (χ2n) is 3.59. The highest BCUT2D eigenvalue weighted by Crippen LogP contribution is 2.22. The molecule has 0 unspecified atom stereocenters. The summed E-state index contributed by atoms with van der Waals surface area (Å²) in [6, 6.07) is 4.50. The summed E-state index contributed by atoms with van der Waals surface area (Å²) in [7, 11) is 0. The number of aryl methyl sites for hydroxylation is 2. The van der Waals surface area contributed by atoms with Crippen molar-refractivity contribution in [1.82, 2.24) is 14.8 Å². The van der Waals surface area contributed by atoms with E-state index in [4.69, 9.17) is 16.7 Å². The highest BCUT2D eigenvalue weighted by atomic mass is 35.5. The van der Waals surface area contributed by atoms with E-state index < -0.39 is 5.97 Å². The number of carboxylic acid groups (broad SMARTS) is 1. The van der Waals surface area contributed by atoms with Gasteiger partial charge in [-0.2, -0.15) is 5.10 Å². The smallest absolute Gasteiger partial charge is 0.335 e. The topological polar surface area (TPSA) is 68.0 Å². The summed E-state index contributed by atoms with van der Waals surface area (Å²) in [4.78, 5) is 14.9. The second-order valence-corrected chi connectivity index (χ2v) is 4.00. The predicted molar refractivity (Wildman–Crippen MR) is 62.8 cm³/mol. The molecule has 0 aliphatic heterocycles. The van der Waals surface area contributed by atoms with E-state index in [0.717, 1.165) is 0 Å². The summed E-state index contributed by atoms with van der Waals surface area (Å²) in [5.74, 6) is 0.332. The minimum Gasteiger partial charge on any atom is -0.478 e. The van der Waals surface area contributed by atoms with Crippen LogP contribution in [0, 0.1) is 13.8 Å². The molecule has 0 spiro atoms. The summed E-state index contributed by atoms with van der Waals surface area (Å²) < 4.78 is 1.59. The number of carboxylic acids is 1. The Bertz CT molecular complexity index is 592. The highest BCUT2D eigenvalue weighted by molar-refractivity contribution is 6.32. The molecule has 0 aliphatic carbocycles. The average molecular weight is 252 g/mol. The van der Waals surface area contributed by atoms with Crippen LogP contribution in [0.25, 0.3) is 5.69 Å². The van der Waals surface area contributed by atoms with Gasteiger partial charge in [0.1, 0.15) is 11.6 Å². The Morgan fingerprint density at radius 3 is 2.59 bits per heavy atom. The van der Waals surface area contributed by atoms with Gasteiger partial charge >= 0.3 is 5.97 Å². The number of hydrogen-bond donors (Lipinski definition) is 1. The van der Waals surface area contributed by atoms with Crippen molar-refractivity contribution in [3.8, 4) is 5.69 Å². The fraction of sp³-hybridized carbons (Fsp3) is 0.182. The van der Waals surface area contributed by atoms with E-state index in [9.17, 15) is 4.79 Å². The Morgan fingerprint density at radius 1 is 1.41 bits per heavy atom. The molecule has 1 heterocycles. The molecule has 17 heavy (non-hydrogen) atoms. The fourth-order valence-electron chi connectivity index (χ4n) is 1.56. The maximum atomic E-state index is 10.8. The molecule has 1 N–H and O–H groups in total. The molecule has 0 atom stereocenters. The molecule has 2 aromatic rings. The number of hydrogen-bond acceptors (Lipinski definition) is 3. The van der Waals surface area contributed by atoms with Gasteiger partial charge in [-0.1, -0.05) is 11.6 Å². The van der Waals surface area contributed by atoms with Gasteiger partial charge in [-0.3, -0.25) is 0 Å². The van der Waals surface area contributed by atoms with Crippen molar-refractivity contribution < 1.29 is 9.90 Å². The third-order valence-corrected chi connectivity index (χ3v) is 2.60. The van der Waals surface area contributed by atoms with E-state index in [0.29, 0.717) is 22.4 Å². The Labute approximate surface area is 103 Å². The number of rotatable bonds is 2. The van der Waals surface area contributed by atoms with Crippen LogP contribution in [0.1, 0.15) is 22.0 Å². The molecule has 0 amide bonds.